The molecule has 0 amide bonds. The van der Waals surface area contributed by atoms with Gasteiger partial charge in [-0.3, -0.25) is 9.58 Å². The van der Waals surface area contributed by atoms with E-state index >= 15 is 0 Å². The molecule has 1 atom stereocenters. The Hall–Kier alpha value is -1.69. The van der Waals surface area contributed by atoms with Crippen molar-refractivity contribution in [1.29, 1.82) is 0 Å². The van der Waals surface area contributed by atoms with Gasteiger partial charge < -0.3 is 9.84 Å². The lowest BCUT2D eigenvalue weighted by Gasteiger charge is -2.25. The van der Waals surface area contributed by atoms with Crippen LogP contribution in [0.4, 0.5) is 0 Å². The third kappa shape index (κ3) is 5.67. The fourth-order valence-corrected chi connectivity index (χ4v) is 2.28. The van der Waals surface area contributed by atoms with Crippen LogP contribution in [0.3, 0.4) is 0 Å². The van der Waals surface area contributed by atoms with Crippen molar-refractivity contribution < 1.29 is 9.84 Å². The van der Waals surface area contributed by atoms with Crippen LogP contribution < -0.4 is 0 Å². The van der Waals surface area contributed by atoms with Gasteiger partial charge in [0, 0.05) is 39.1 Å². The maximum Gasteiger partial charge on any atom is 0.0862 e. The van der Waals surface area contributed by atoms with Gasteiger partial charge in [0.2, 0.25) is 0 Å². The lowest BCUT2D eigenvalue weighted by atomic mass is 10.2. The zero-order chi connectivity index (χ0) is 14.9. The van der Waals surface area contributed by atoms with Gasteiger partial charge in [-0.2, -0.15) is 5.10 Å². The molecule has 1 N–H and O–H groups in total. The van der Waals surface area contributed by atoms with E-state index in [0.717, 1.165) is 13.1 Å². The van der Waals surface area contributed by atoms with Gasteiger partial charge in [0.15, 0.2) is 0 Å². The summed E-state index contributed by atoms with van der Waals surface area (Å²) in [5.74, 6) is 0. The van der Waals surface area contributed by atoms with Crippen LogP contribution in [-0.2, 0) is 17.8 Å². The van der Waals surface area contributed by atoms with Crippen LogP contribution in [0.15, 0.2) is 48.8 Å². The minimum atomic E-state index is -0.453. The molecule has 0 aliphatic carbocycles. The van der Waals surface area contributed by atoms with Crippen molar-refractivity contribution in [2.24, 2.45) is 0 Å². The van der Waals surface area contributed by atoms with Gasteiger partial charge in [-0.05, 0) is 11.6 Å². The van der Waals surface area contributed by atoms with Gasteiger partial charge in [0.25, 0.3) is 0 Å². The summed E-state index contributed by atoms with van der Waals surface area (Å²) in [7, 11) is 1.70. The number of nitrogens with zero attached hydrogens (tertiary/aromatic N) is 3. The van der Waals surface area contributed by atoms with E-state index < -0.39 is 6.10 Å². The lowest BCUT2D eigenvalue weighted by Crippen LogP contribution is -2.36. The minimum absolute atomic E-state index is 0.453. The zero-order valence-electron chi connectivity index (χ0n) is 12.4. The summed E-state index contributed by atoms with van der Waals surface area (Å²) in [6.45, 7) is 3.35. The maximum atomic E-state index is 10.2. The van der Waals surface area contributed by atoms with E-state index in [2.05, 4.69) is 22.1 Å². The van der Waals surface area contributed by atoms with Gasteiger partial charge in [0.1, 0.15) is 0 Å². The highest BCUT2D eigenvalue weighted by atomic mass is 16.5. The molecule has 5 nitrogen and oxygen atoms in total. The molecular weight excluding hydrogens is 266 g/mol. The molecule has 0 aliphatic rings. The van der Waals surface area contributed by atoms with E-state index in [4.69, 9.17) is 4.74 Å². The Morgan fingerprint density at radius 3 is 2.76 bits per heavy atom. The van der Waals surface area contributed by atoms with E-state index in [-0.39, 0.29) is 0 Å². The summed E-state index contributed by atoms with van der Waals surface area (Å²) in [6.07, 6.45) is 3.13. The predicted octanol–water partition coefficient (Wildman–Crippen LogP) is 1.39. The Balaban J connectivity index is 1.89. The lowest BCUT2D eigenvalue weighted by molar-refractivity contribution is 0.0734. The molecule has 1 aromatic carbocycles. The number of aromatic nitrogens is 2. The molecule has 0 fully saturated rings. The first-order valence-corrected chi connectivity index (χ1v) is 7.18. The van der Waals surface area contributed by atoms with E-state index in [1.807, 2.05) is 30.5 Å². The highest BCUT2D eigenvalue weighted by molar-refractivity contribution is 5.14. The molecule has 0 radical (unpaired) electrons. The predicted molar refractivity (Wildman–Crippen MR) is 81.8 cm³/mol. The van der Waals surface area contributed by atoms with Gasteiger partial charge in [0.05, 0.1) is 19.3 Å². The molecule has 0 saturated carbocycles. The largest absolute Gasteiger partial charge is 0.390 e. The van der Waals surface area contributed by atoms with Crippen LogP contribution in [0.1, 0.15) is 5.56 Å². The number of ether oxygens (including phenoxy) is 1. The Morgan fingerprint density at radius 2 is 2.10 bits per heavy atom. The molecule has 0 saturated heterocycles. The number of methoxy groups -OCH3 is 1. The Kier molecular flexibility index (Phi) is 6.40. The third-order valence-electron chi connectivity index (χ3n) is 3.29. The second kappa shape index (κ2) is 8.56. The Morgan fingerprint density at radius 1 is 1.29 bits per heavy atom. The summed E-state index contributed by atoms with van der Waals surface area (Å²) in [5, 5.41) is 14.3. The molecule has 21 heavy (non-hydrogen) atoms. The van der Waals surface area contributed by atoms with Crippen molar-refractivity contribution >= 4 is 0 Å². The summed E-state index contributed by atoms with van der Waals surface area (Å²) >= 11 is 0. The van der Waals surface area contributed by atoms with Crippen LogP contribution in [-0.4, -0.2) is 52.7 Å². The van der Waals surface area contributed by atoms with Crippen molar-refractivity contribution in [1.82, 2.24) is 14.7 Å². The van der Waals surface area contributed by atoms with Crippen LogP contribution in [0.2, 0.25) is 0 Å². The average Bonchev–Trinajstić information content (AvgIpc) is 2.98. The first kappa shape index (κ1) is 15.7. The van der Waals surface area contributed by atoms with E-state index in [1.54, 1.807) is 18.0 Å². The number of benzene rings is 1. The van der Waals surface area contributed by atoms with Crippen molar-refractivity contribution in [3.8, 4) is 0 Å². The summed E-state index contributed by atoms with van der Waals surface area (Å²) in [6, 6.07) is 12.1. The van der Waals surface area contributed by atoms with E-state index in [0.29, 0.717) is 19.7 Å². The van der Waals surface area contributed by atoms with Crippen molar-refractivity contribution in [3.05, 3.63) is 54.4 Å². The number of aliphatic hydroxyl groups excluding tert-OH is 1. The Bertz CT molecular complexity index is 487. The molecule has 5 heteroatoms. The Labute approximate surface area is 125 Å². The van der Waals surface area contributed by atoms with Crippen molar-refractivity contribution in [2.45, 2.75) is 19.2 Å². The number of hydrogen-bond donors (Lipinski definition) is 1. The molecule has 0 spiro atoms. The van der Waals surface area contributed by atoms with Crippen molar-refractivity contribution in [2.75, 3.05) is 26.8 Å². The minimum Gasteiger partial charge on any atom is -0.390 e. The fourth-order valence-electron chi connectivity index (χ4n) is 2.28. The van der Waals surface area contributed by atoms with Crippen LogP contribution in [0, 0.1) is 0 Å². The zero-order valence-corrected chi connectivity index (χ0v) is 12.4. The SMILES string of the molecule is COCCN(Cc1ccccc1)CC(O)Cn1cccn1. The molecule has 1 unspecified atom stereocenters. The number of aliphatic hydroxyl groups is 1. The first-order valence-electron chi connectivity index (χ1n) is 7.18. The first-order chi connectivity index (χ1) is 10.3. The number of hydrogen-bond acceptors (Lipinski definition) is 4. The highest BCUT2D eigenvalue weighted by Gasteiger charge is 2.13. The molecule has 1 aromatic heterocycles. The average molecular weight is 289 g/mol. The van der Waals surface area contributed by atoms with Gasteiger partial charge in [-0.25, -0.2) is 0 Å². The van der Waals surface area contributed by atoms with Crippen LogP contribution >= 0.6 is 0 Å². The number of rotatable bonds is 9. The monoisotopic (exact) mass is 289 g/mol. The van der Waals surface area contributed by atoms with E-state index in [1.165, 1.54) is 5.56 Å². The van der Waals surface area contributed by atoms with Crippen LogP contribution in [0.5, 0.6) is 0 Å². The van der Waals surface area contributed by atoms with Gasteiger partial charge in [-0.15, -0.1) is 0 Å². The fraction of sp³-hybridized carbons (Fsp3) is 0.438. The molecule has 1 heterocycles. The van der Waals surface area contributed by atoms with Gasteiger partial charge in [-0.1, -0.05) is 30.3 Å². The molecule has 0 aliphatic heterocycles. The maximum absolute atomic E-state index is 10.2. The summed E-state index contributed by atoms with van der Waals surface area (Å²) < 4.78 is 6.91. The molecular formula is C16H23N3O2. The second-order valence-corrected chi connectivity index (χ2v) is 5.10. The second-order valence-electron chi connectivity index (χ2n) is 5.10. The quantitative estimate of drug-likeness (QED) is 0.758. The standard InChI is InChI=1S/C16H23N3O2/c1-21-11-10-18(12-15-6-3-2-4-7-15)13-16(20)14-19-9-5-8-17-19/h2-9,16,20H,10-14H2,1H3. The molecule has 114 valence electrons. The van der Waals surface area contributed by atoms with Crippen molar-refractivity contribution in [3.63, 3.8) is 0 Å². The molecule has 2 rings (SSSR count). The highest BCUT2D eigenvalue weighted by Crippen LogP contribution is 2.06. The third-order valence-corrected chi connectivity index (χ3v) is 3.29. The van der Waals surface area contributed by atoms with Crippen LogP contribution in [0.25, 0.3) is 0 Å². The summed E-state index contributed by atoms with van der Waals surface area (Å²) in [5.41, 5.74) is 1.24. The van der Waals surface area contributed by atoms with E-state index in [9.17, 15) is 5.11 Å². The normalized spacial score (nSPS) is 12.7. The summed E-state index contributed by atoms with van der Waals surface area (Å²) in [4.78, 5) is 2.20. The molecule has 2 aromatic rings. The smallest absolute Gasteiger partial charge is 0.0862 e. The van der Waals surface area contributed by atoms with Gasteiger partial charge >= 0.3 is 0 Å². The molecule has 0 bridgehead atoms. The topological polar surface area (TPSA) is 50.5 Å².